The van der Waals surface area contributed by atoms with Gasteiger partial charge in [0.15, 0.2) is 5.15 Å². The summed E-state index contributed by atoms with van der Waals surface area (Å²) in [6.07, 6.45) is 1.50. The van der Waals surface area contributed by atoms with Crippen molar-refractivity contribution in [3.8, 4) is 6.07 Å². The van der Waals surface area contributed by atoms with Crippen molar-refractivity contribution in [3.63, 3.8) is 0 Å². The van der Waals surface area contributed by atoms with Crippen LogP contribution >= 0.6 is 11.6 Å². The van der Waals surface area contributed by atoms with Crippen LogP contribution < -0.4 is 4.72 Å². The van der Waals surface area contributed by atoms with Crippen LogP contribution in [0.2, 0.25) is 5.15 Å². The standard InChI is InChI=1S/C14H12ClN3O2S/c1-9-5-6-17-14(15)13(9)18-21(19,20)12-4-3-11(8-16)7-10(12)2/h3-7,18H,1-2H3. The molecule has 0 saturated heterocycles. The zero-order valence-electron chi connectivity index (χ0n) is 11.4. The van der Waals surface area contributed by atoms with Crippen molar-refractivity contribution >= 4 is 27.3 Å². The molecule has 0 aliphatic rings. The molecule has 0 radical (unpaired) electrons. The lowest BCUT2D eigenvalue weighted by Crippen LogP contribution is -2.15. The van der Waals surface area contributed by atoms with Crippen LogP contribution in [0.4, 0.5) is 5.69 Å². The van der Waals surface area contributed by atoms with Crippen molar-refractivity contribution in [2.24, 2.45) is 0 Å². The van der Waals surface area contributed by atoms with Gasteiger partial charge in [-0.3, -0.25) is 4.72 Å². The van der Waals surface area contributed by atoms with Crippen LogP contribution in [0.5, 0.6) is 0 Å². The highest BCUT2D eigenvalue weighted by Gasteiger charge is 2.19. The van der Waals surface area contributed by atoms with Gasteiger partial charge in [-0.25, -0.2) is 13.4 Å². The van der Waals surface area contributed by atoms with Gasteiger partial charge in [-0.2, -0.15) is 5.26 Å². The Morgan fingerprint density at radius 1 is 1.24 bits per heavy atom. The topological polar surface area (TPSA) is 82.8 Å². The number of aryl methyl sites for hydroxylation is 2. The Morgan fingerprint density at radius 2 is 1.95 bits per heavy atom. The second-order valence-electron chi connectivity index (χ2n) is 4.49. The number of hydrogen-bond donors (Lipinski definition) is 1. The molecule has 0 spiro atoms. The van der Waals surface area contributed by atoms with Gasteiger partial charge >= 0.3 is 0 Å². The molecular formula is C14H12ClN3O2S. The molecule has 1 heterocycles. The number of hydrogen-bond acceptors (Lipinski definition) is 4. The van der Waals surface area contributed by atoms with Gasteiger partial charge in [0.2, 0.25) is 0 Å². The zero-order valence-corrected chi connectivity index (χ0v) is 13.0. The van der Waals surface area contributed by atoms with Crippen LogP contribution in [-0.2, 0) is 10.0 Å². The highest BCUT2D eigenvalue weighted by Crippen LogP contribution is 2.27. The highest BCUT2D eigenvalue weighted by atomic mass is 35.5. The van der Waals surface area contributed by atoms with E-state index in [1.165, 1.54) is 24.4 Å². The lowest BCUT2D eigenvalue weighted by molar-refractivity contribution is 0.600. The minimum absolute atomic E-state index is 0.0878. The zero-order chi connectivity index (χ0) is 15.6. The molecule has 0 unspecified atom stereocenters. The molecule has 108 valence electrons. The first-order chi connectivity index (χ1) is 9.85. The fourth-order valence-electron chi connectivity index (χ4n) is 1.86. The highest BCUT2D eigenvalue weighted by molar-refractivity contribution is 7.92. The molecule has 1 N–H and O–H groups in total. The fraction of sp³-hybridized carbons (Fsp3) is 0.143. The Bertz CT molecular complexity index is 822. The summed E-state index contributed by atoms with van der Waals surface area (Å²) in [4.78, 5) is 3.96. The van der Waals surface area contributed by atoms with E-state index in [0.29, 0.717) is 16.7 Å². The Kier molecular flexibility index (Phi) is 4.16. The maximum absolute atomic E-state index is 12.4. The Hall–Kier alpha value is -2.10. The Balaban J connectivity index is 2.47. The molecule has 0 bridgehead atoms. The first-order valence-corrected chi connectivity index (χ1v) is 7.86. The number of pyridine rings is 1. The van der Waals surface area contributed by atoms with Crippen molar-refractivity contribution < 1.29 is 8.42 Å². The minimum atomic E-state index is -3.80. The molecule has 0 aliphatic heterocycles. The van der Waals surface area contributed by atoms with Crippen molar-refractivity contribution in [2.75, 3.05) is 4.72 Å². The largest absolute Gasteiger partial charge is 0.276 e. The lowest BCUT2D eigenvalue weighted by atomic mass is 10.2. The predicted octanol–water partition coefficient (Wildman–Crippen LogP) is 3.02. The van der Waals surface area contributed by atoms with E-state index in [1.807, 2.05) is 6.07 Å². The van der Waals surface area contributed by atoms with E-state index in [0.717, 1.165) is 0 Å². The Morgan fingerprint density at radius 3 is 2.52 bits per heavy atom. The molecule has 0 fully saturated rings. The van der Waals surface area contributed by atoms with E-state index in [1.54, 1.807) is 19.9 Å². The third kappa shape index (κ3) is 3.15. The second-order valence-corrected chi connectivity index (χ2v) is 6.50. The third-order valence-electron chi connectivity index (χ3n) is 2.94. The molecule has 21 heavy (non-hydrogen) atoms. The molecule has 1 aromatic carbocycles. The maximum Gasteiger partial charge on any atom is 0.262 e. The van der Waals surface area contributed by atoms with Crippen molar-refractivity contribution in [3.05, 3.63) is 52.3 Å². The summed E-state index contributed by atoms with van der Waals surface area (Å²) in [5, 5.41) is 8.91. The van der Waals surface area contributed by atoms with Crippen LogP contribution in [0.1, 0.15) is 16.7 Å². The summed E-state index contributed by atoms with van der Waals surface area (Å²) in [5.74, 6) is 0. The average Bonchev–Trinajstić information content (AvgIpc) is 2.42. The normalized spacial score (nSPS) is 11.0. The summed E-state index contributed by atoms with van der Waals surface area (Å²) in [6, 6.07) is 8.01. The Labute approximate surface area is 128 Å². The van der Waals surface area contributed by atoms with Gasteiger partial charge < -0.3 is 0 Å². The van der Waals surface area contributed by atoms with Crippen molar-refractivity contribution in [1.29, 1.82) is 5.26 Å². The fourth-order valence-corrected chi connectivity index (χ4v) is 3.53. The van der Waals surface area contributed by atoms with Gasteiger partial charge in [-0.05, 0) is 49.2 Å². The van der Waals surface area contributed by atoms with Crippen LogP contribution in [0.3, 0.4) is 0 Å². The number of rotatable bonds is 3. The summed E-state index contributed by atoms with van der Waals surface area (Å²) >= 11 is 5.93. The smallest absolute Gasteiger partial charge is 0.262 e. The third-order valence-corrected chi connectivity index (χ3v) is 4.74. The van der Waals surface area contributed by atoms with Crippen LogP contribution in [0.15, 0.2) is 35.4 Å². The molecule has 2 aromatic rings. The van der Waals surface area contributed by atoms with E-state index in [-0.39, 0.29) is 15.7 Å². The van der Waals surface area contributed by atoms with E-state index >= 15 is 0 Å². The summed E-state index contributed by atoms with van der Waals surface area (Å²) in [6.45, 7) is 3.37. The lowest BCUT2D eigenvalue weighted by Gasteiger charge is -2.13. The SMILES string of the molecule is Cc1cc(C#N)ccc1S(=O)(=O)Nc1c(C)ccnc1Cl. The monoisotopic (exact) mass is 321 g/mol. The van der Waals surface area contributed by atoms with Crippen LogP contribution in [0, 0.1) is 25.2 Å². The van der Waals surface area contributed by atoms with Gasteiger partial charge in [-0.15, -0.1) is 0 Å². The van der Waals surface area contributed by atoms with Crippen molar-refractivity contribution in [1.82, 2.24) is 4.98 Å². The van der Waals surface area contributed by atoms with Gasteiger partial charge in [0.25, 0.3) is 10.0 Å². The van der Waals surface area contributed by atoms with E-state index in [4.69, 9.17) is 16.9 Å². The maximum atomic E-state index is 12.4. The summed E-state index contributed by atoms with van der Waals surface area (Å²) < 4.78 is 27.3. The van der Waals surface area contributed by atoms with Crippen LogP contribution in [-0.4, -0.2) is 13.4 Å². The second kappa shape index (κ2) is 5.72. The van der Waals surface area contributed by atoms with Crippen LogP contribution in [0.25, 0.3) is 0 Å². The van der Waals surface area contributed by atoms with Gasteiger partial charge in [0.1, 0.15) is 0 Å². The summed E-state index contributed by atoms with van der Waals surface area (Å²) in [7, 11) is -3.80. The van der Waals surface area contributed by atoms with E-state index in [9.17, 15) is 8.42 Å². The molecule has 7 heteroatoms. The van der Waals surface area contributed by atoms with E-state index < -0.39 is 10.0 Å². The first-order valence-electron chi connectivity index (χ1n) is 6.00. The number of sulfonamides is 1. The number of nitrogens with one attached hydrogen (secondary N) is 1. The molecule has 0 atom stereocenters. The number of nitrogens with zero attached hydrogens (tertiary/aromatic N) is 2. The first kappa shape index (κ1) is 15.3. The number of nitriles is 1. The molecule has 2 rings (SSSR count). The molecule has 5 nitrogen and oxygen atoms in total. The van der Waals surface area contributed by atoms with E-state index in [2.05, 4.69) is 9.71 Å². The van der Waals surface area contributed by atoms with Crippen molar-refractivity contribution in [2.45, 2.75) is 18.7 Å². The molecule has 0 aliphatic carbocycles. The number of aromatic nitrogens is 1. The predicted molar refractivity (Wildman–Crippen MR) is 80.7 cm³/mol. The molecular weight excluding hydrogens is 310 g/mol. The molecule has 0 amide bonds. The number of anilines is 1. The number of benzene rings is 1. The van der Waals surface area contributed by atoms with Gasteiger partial charge in [-0.1, -0.05) is 11.6 Å². The molecule has 0 saturated carbocycles. The number of halogens is 1. The summed E-state index contributed by atoms with van der Waals surface area (Å²) in [5.41, 5.74) is 1.81. The quantitative estimate of drug-likeness (QED) is 0.881. The molecule has 1 aromatic heterocycles. The van der Waals surface area contributed by atoms with Gasteiger partial charge in [0.05, 0.1) is 22.2 Å². The average molecular weight is 322 g/mol. The van der Waals surface area contributed by atoms with Gasteiger partial charge in [0, 0.05) is 6.20 Å². The minimum Gasteiger partial charge on any atom is -0.276 e.